The molecule has 4 nitrogen and oxygen atoms in total. The summed E-state index contributed by atoms with van der Waals surface area (Å²) >= 11 is 6.88. The largest absolute Gasteiger partial charge is 0.489 e. The first-order valence-corrected chi connectivity index (χ1v) is 6.61. The minimum Gasteiger partial charge on any atom is -0.489 e. The van der Waals surface area contributed by atoms with E-state index in [0.29, 0.717) is 19.0 Å². The van der Waals surface area contributed by atoms with Gasteiger partial charge in [0.1, 0.15) is 18.2 Å². The van der Waals surface area contributed by atoms with Crippen molar-refractivity contribution in [1.29, 1.82) is 0 Å². The second kappa shape index (κ2) is 5.55. The van der Waals surface area contributed by atoms with E-state index in [-0.39, 0.29) is 0 Å². The molecule has 0 saturated heterocycles. The van der Waals surface area contributed by atoms with E-state index in [1.165, 1.54) is 0 Å². The van der Waals surface area contributed by atoms with Gasteiger partial charge in [-0.15, -0.1) is 0 Å². The van der Waals surface area contributed by atoms with Crippen molar-refractivity contribution in [3.05, 3.63) is 39.4 Å². The summed E-state index contributed by atoms with van der Waals surface area (Å²) in [7, 11) is 0. The van der Waals surface area contributed by atoms with Crippen molar-refractivity contribution < 1.29 is 4.74 Å². The molecule has 0 radical (unpaired) electrons. The van der Waals surface area contributed by atoms with Gasteiger partial charge in [0.2, 0.25) is 0 Å². The van der Waals surface area contributed by atoms with Gasteiger partial charge in [-0.3, -0.25) is 4.68 Å². The van der Waals surface area contributed by atoms with Crippen molar-refractivity contribution in [2.24, 2.45) is 0 Å². The van der Waals surface area contributed by atoms with E-state index in [0.717, 1.165) is 14.7 Å². The number of rotatable bonds is 4. The van der Waals surface area contributed by atoms with Gasteiger partial charge in [-0.25, -0.2) is 0 Å². The molecule has 1 aromatic heterocycles. The van der Waals surface area contributed by atoms with Crippen LogP contribution in [0.3, 0.4) is 0 Å². The maximum atomic E-state index is 5.69. The van der Waals surface area contributed by atoms with E-state index in [4.69, 9.17) is 10.5 Å². The number of ether oxygens (including phenoxy) is 1. The topological polar surface area (TPSA) is 53.1 Å². The molecule has 0 aliphatic heterocycles. The van der Waals surface area contributed by atoms with Gasteiger partial charge in [-0.1, -0.05) is 6.07 Å². The second-order valence-electron chi connectivity index (χ2n) is 3.40. The molecule has 0 atom stereocenters. The van der Waals surface area contributed by atoms with Gasteiger partial charge in [0.15, 0.2) is 0 Å². The molecule has 2 aromatic rings. The molecule has 1 aromatic carbocycles. The fourth-order valence-electron chi connectivity index (χ4n) is 1.36. The van der Waals surface area contributed by atoms with Gasteiger partial charge in [0.05, 0.1) is 15.5 Å². The molecule has 0 unspecified atom stereocenters. The van der Waals surface area contributed by atoms with E-state index in [2.05, 4.69) is 37.0 Å². The molecule has 90 valence electrons. The van der Waals surface area contributed by atoms with Crippen LogP contribution in [0.4, 0.5) is 5.82 Å². The quantitative estimate of drug-likeness (QED) is 0.911. The molecule has 2 rings (SSSR count). The van der Waals surface area contributed by atoms with Crippen molar-refractivity contribution in [3.8, 4) is 5.75 Å². The van der Waals surface area contributed by atoms with Crippen LogP contribution in [0.15, 0.2) is 39.4 Å². The van der Waals surface area contributed by atoms with Gasteiger partial charge in [-0.05, 0) is 50.1 Å². The van der Waals surface area contributed by atoms with Gasteiger partial charge in [0.25, 0.3) is 0 Å². The Balaban J connectivity index is 1.94. The lowest BCUT2D eigenvalue weighted by Gasteiger charge is -2.09. The van der Waals surface area contributed by atoms with E-state index >= 15 is 0 Å². The van der Waals surface area contributed by atoms with Gasteiger partial charge < -0.3 is 10.5 Å². The van der Waals surface area contributed by atoms with E-state index in [1.807, 2.05) is 24.4 Å². The number of nitrogens with zero attached hydrogens (tertiary/aromatic N) is 2. The Morgan fingerprint density at radius 2 is 1.94 bits per heavy atom. The lowest BCUT2D eigenvalue weighted by Crippen LogP contribution is -2.09. The molecule has 2 N–H and O–H groups in total. The van der Waals surface area contributed by atoms with Gasteiger partial charge in [-0.2, -0.15) is 5.10 Å². The Bertz CT molecular complexity index is 493. The summed E-state index contributed by atoms with van der Waals surface area (Å²) in [4.78, 5) is 0. The number of nitrogens with two attached hydrogens (primary N) is 1. The van der Waals surface area contributed by atoms with Crippen LogP contribution >= 0.6 is 31.9 Å². The molecular weight excluding hydrogens is 350 g/mol. The van der Waals surface area contributed by atoms with Crippen LogP contribution in [0.5, 0.6) is 5.75 Å². The number of para-hydroxylation sites is 1. The molecule has 0 fully saturated rings. The Morgan fingerprint density at radius 1 is 1.24 bits per heavy atom. The first-order chi connectivity index (χ1) is 8.16. The van der Waals surface area contributed by atoms with E-state index in [1.54, 1.807) is 10.7 Å². The highest BCUT2D eigenvalue weighted by Gasteiger charge is 2.05. The molecular formula is C11H11Br2N3O. The van der Waals surface area contributed by atoms with Crippen molar-refractivity contribution in [3.63, 3.8) is 0 Å². The highest BCUT2D eigenvalue weighted by molar-refractivity contribution is 9.11. The van der Waals surface area contributed by atoms with Crippen LogP contribution in [-0.2, 0) is 6.54 Å². The lowest BCUT2D eigenvalue weighted by atomic mass is 10.3. The third kappa shape index (κ3) is 3.23. The average molecular weight is 361 g/mol. The smallest absolute Gasteiger partial charge is 0.147 e. The zero-order chi connectivity index (χ0) is 12.3. The molecule has 1 heterocycles. The van der Waals surface area contributed by atoms with Gasteiger partial charge in [0, 0.05) is 6.20 Å². The maximum Gasteiger partial charge on any atom is 0.147 e. The van der Waals surface area contributed by atoms with Crippen molar-refractivity contribution >= 4 is 37.7 Å². The molecule has 0 aliphatic carbocycles. The normalized spacial score (nSPS) is 10.5. The minimum absolute atomic E-state index is 0.520. The van der Waals surface area contributed by atoms with Crippen LogP contribution < -0.4 is 10.5 Å². The first-order valence-electron chi connectivity index (χ1n) is 5.02. The van der Waals surface area contributed by atoms with Crippen LogP contribution in [0.1, 0.15) is 0 Å². The summed E-state index contributed by atoms with van der Waals surface area (Å²) in [6, 6.07) is 7.57. The maximum absolute atomic E-state index is 5.69. The number of aromatic nitrogens is 2. The van der Waals surface area contributed by atoms with Crippen molar-refractivity contribution in [2.45, 2.75) is 6.54 Å². The molecule has 0 spiro atoms. The predicted molar refractivity (Wildman–Crippen MR) is 74.0 cm³/mol. The highest BCUT2D eigenvalue weighted by atomic mass is 79.9. The molecule has 0 saturated carbocycles. The molecule has 0 amide bonds. The van der Waals surface area contributed by atoms with Crippen LogP contribution in [0.2, 0.25) is 0 Å². The average Bonchev–Trinajstić information content (AvgIpc) is 2.69. The molecule has 6 heteroatoms. The number of halogens is 2. The van der Waals surface area contributed by atoms with Crippen molar-refractivity contribution in [2.75, 3.05) is 12.3 Å². The second-order valence-corrected chi connectivity index (χ2v) is 5.11. The Hall–Kier alpha value is -1.01. The zero-order valence-electron chi connectivity index (χ0n) is 8.94. The highest BCUT2D eigenvalue weighted by Crippen LogP contribution is 2.32. The number of hydrogen-bond acceptors (Lipinski definition) is 3. The third-order valence-corrected chi connectivity index (χ3v) is 3.40. The molecule has 0 bridgehead atoms. The van der Waals surface area contributed by atoms with E-state index in [9.17, 15) is 0 Å². The number of benzene rings is 1. The van der Waals surface area contributed by atoms with Gasteiger partial charge >= 0.3 is 0 Å². The lowest BCUT2D eigenvalue weighted by molar-refractivity contribution is 0.288. The SMILES string of the molecule is Nc1ccn(CCOc2c(Br)cccc2Br)n1. The zero-order valence-corrected chi connectivity index (χ0v) is 12.1. The monoisotopic (exact) mass is 359 g/mol. The Labute approximate surface area is 116 Å². The van der Waals surface area contributed by atoms with Crippen molar-refractivity contribution in [1.82, 2.24) is 9.78 Å². The van der Waals surface area contributed by atoms with Crippen LogP contribution in [-0.4, -0.2) is 16.4 Å². The first kappa shape index (κ1) is 12.4. The molecule has 0 aliphatic rings. The van der Waals surface area contributed by atoms with E-state index < -0.39 is 0 Å². The Kier molecular flexibility index (Phi) is 4.06. The van der Waals surface area contributed by atoms with Crippen LogP contribution in [0.25, 0.3) is 0 Å². The van der Waals surface area contributed by atoms with Crippen LogP contribution in [0, 0.1) is 0 Å². The third-order valence-electron chi connectivity index (χ3n) is 2.15. The summed E-state index contributed by atoms with van der Waals surface area (Å²) in [6.45, 7) is 1.19. The summed E-state index contributed by atoms with van der Waals surface area (Å²) < 4.78 is 9.28. The Morgan fingerprint density at radius 3 is 2.53 bits per heavy atom. The summed E-state index contributed by atoms with van der Waals surface area (Å²) in [6.07, 6.45) is 1.83. The number of anilines is 1. The number of nitrogen functional groups attached to an aromatic ring is 1. The fraction of sp³-hybridized carbons (Fsp3) is 0.182. The summed E-state index contributed by atoms with van der Waals surface area (Å²) in [5.41, 5.74) is 5.52. The minimum atomic E-state index is 0.520. The predicted octanol–water partition coefficient (Wildman–Crippen LogP) is 3.07. The summed E-state index contributed by atoms with van der Waals surface area (Å²) in [5, 5.41) is 4.08. The fourth-order valence-corrected chi connectivity index (χ4v) is 2.59. The molecule has 17 heavy (non-hydrogen) atoms. The standard InChI is InChI=1S/C11H11Br2N3O/c12-8-2-1-3-9(13)11(8)17-7-6-16-5-4-10(14)15-16/h1-5H,6-7H2,(H2,14,15). The summed E-state index contributed by atoms with van der Waals surface area (Å²) in [5.74, 6) is 1.32. The number of hydrogen-bond donors (Lipinski definition) is 1.